The maximum Gasteiger partial charge on any atom is 0.331 e. The van der Waals surface area contributed by atoms with Gasteiger partial charge in [0.05, 0.1) is 22.3 Å². The number of carbonyl (C=O) groups is 2. The van der Waals surface area contributed by atoms with E-state index in [0.29, 0.717) is 11.6 Å². The summed E-state index contributed by atoms with van der Waals surface area (Å²) in [7, 11) is 0. The van der Waals surface area contributed by atoms with Gasteiger partial charge >= 0.3 is 5.97 Å². The number of anilines is 1. The molecular formula is C24H24Cl2N4O3. The zero-order chi connectivity index (χ0) is 24.1. The summed E-state index contributed by atoms with van der Waals surface area (Å²) in [6.07, 6.45) is 3.23. The maximum atomic E-state index is 12.3. The Kier molecular flexibility index (Phi) is 7.89. The monoisotopic (exact) mass is 486 g/mol. The van der Waals surface area contributed by atoms with Crippen LogP contribution in [0.15, 0.2) is 42.6 Å². The standard InChI is InChI=1S/C24H24Cl2N4O3/c1-14-5-7-18(8-6-14)13-30-16(3)20(15(2)29-30)9-10-22(31)33-17(4)24(32)28-23-21(26)11-19(25)12-27-23/h5-12,17H,13H2,1-4H3,(H,27,28,32)/b10-9+. The second-order valence-electron chi connectivity index (χ2n) is 7.61. The van der Waals surface area contributed by atoms with Crippen molar-refractivity contribution in [2.75, 3.05) is 5.32 Å². The summed E-state index contributed by atoms with van der Waals surface area (Å²) in [5.41, 5.74) is 4.87. The van der Waals surface area contributed by atoms with E-state index in [4.69, 9.17) is 27.9 Å². The molecule has 3 rings (SSSR count). The smallest absolute Gasteiger partial charge is 0.331 e. The second kappa shape index (κ2) is 10.6. The molecule has 2 heterocycles. The number of ether oxygens (including phenoxy) is 1. The van der Waals surface area contributed by atoms with Crippen LogP contribution >= 0.6 is 23.2 Å². The fourth-order valence-corrected chi connectivity index (χ4v) is 3.54. The third-order valence-corrected chi connectivity index (χ3v) is 5.48. The number of amides is 1. The third-order valence-electron chi connectivity index (χ3n) is 4.99. The van der Waals surface area contributed by atoms with Crippen molar-refractivity contribution in [1.29, 1.82) is 0 Å². The van der Waals surface area contributed by atoms with Crippen LogP contribution in [-0.2, 0) is 20.9 Å². The molecule has 1 unspecified atom stereocenters. The molecule has 0 saturated carbocycles. The topological polar surface area (TPSA) is 86.1 Å². The molecule has 2 aromatic heterocycles. The minimum atomic E-state index is -1.05. The number of aromatic nitrogens is 3. The Bertz CT molecular complexity index is 1200. The number of hydrogen-bond acceptors (Lipinski definition) is 5. The molecule has 7 nitrogen and oxygen atoms in total. The SMILES string of the molecule is Cc1ccc(Cn2nc(C)c(/C=C/C(=O)OC(C)C(=O)Nc3ncc(Cl)cc3Cl)c2C)cc1. The maximum absolute atomic E-state index is 12.3. The number of hydrogen-bond donors (Lipinski definition) is 1. The third kappa shape index (κ3) is 6.43. The van der Waals surface area contributed by atoms with Crippen molar-refractivity contribution >= 4 is 47.0 Å². The van der Waals surface area contributed by atoms with Crippen molar-refractivity contribution in [3.63, 3.8) is 0 Å². The van der Waals surface area contributed by atoms with E-state index >= 15 is 0 Å². The summed E-state index contributed by atoms with van der Waals surface area (Å²) < 4.78 is 7.09. The van der Waals surface area contributed by atoms with E-state index in [1.165, 1.54) is 30.8 Å². The van der Waals surface area contributed by atoms with Gasteiger partial charge in [0.15, 0.2) is 11.9 Å². The molecule has 0 fully saturated rings. The predicted octanol–water partition coefficient (Wildman–Crippen LogP) is 5.14. The molecular weight excluding hydrogens is 463 g/mol. The van der Waals surface area contributed by atoms with Gasteiger partial charge in [-0.25, -0.2) is 9.78 Å². The van der Waals surface area contributed by atoms with E-state index in [1.807, 2.05) is 25.5 Å². The van der Waals surface area contributed by atoms with Crippen molar-refractivity contribution in [3.8, 4) is 0 Å². The van der Waals surface area contributed by atoms with Gasteiger partial charge in [-0.15, -0.1) is 0 Å². The van der Waals surface area contributed by atoms with Gasteiger partial charge in [-0.1, -0.05) is 53.0 Å². The van der Waals surface area contributed by atoms with Gasteiger partial charge in [-0.3, -0.25) is 9.48 Å². The highest BCUT2D eigenvalue weighted by Gasteiger charge is 2.19. The first kappa shape index (κ1) is 24.5. The zero-order valence-electron chi connectivity index (χ0n) is 18.7. The van der Waals surface area contributed by atoms with E-state index in [0.717, 1.165) is 22.5 Å². The zero-order valence-corrected chi connectivity index (χ0v) is 20.2. The van der Waals surface area contributed by atoms with E-state index in [2.05, 4.69) is 39.7 Å². The molecule has 1 N–H and O–H groups in total. The fraction of sp³-hybridized carbons (Fsp3) is 0.250. The normalized spacial score (nSPS) is 12.1. The molecule has 1 atom stereocenters. The molecule has 0 radical (unpaired) electrons. The van der Waals surface area contributed by atoms with E-state index < -0.39 is 18.0 Å². The summed E-state index contributed by atoms with van der Waals surface area (Å²) in [6, 6.07) is 9.71. The van der Waals surface area contributed by atoms with Crippen molar-refractivity contribution in [3.05, 3.63) is 80.7 Å². The summed E-state index contributed by atoms with van der Waals surface area (Å²) in [5, 5.41) is 7.61. The van der Waals surface area contributed by atoms with Gasteiger partial charge < -0.3 is 10.1 Å². The Morgan fingerprint density at radius 3 is 2.55 bits per heavy atom. The van der Waals surface area contributed by atoms with Gasteiger partial charge in [-0.2, -0.15) is 5.10 Å². The number of pyridine rings is 1. The molecule has 1 aromatic carbocycles. The lowest BCUT2D eigenvalue weighted by molar-refractivity contribution is -0.148. The molecule has 0 saturated heterocycles. The quantitative estimate of drug-likeness (QED) is 0.368. The van der Waals surface area contributed by atoms with E-state index in [-0.39, 0.29) is 10.8 Å². The largest absolute Gasteiger partial charge is 0.449 e. The number of aryl methyl sites for hydroxylation is 2. The molecule has 172 valence electrons. The molecule has 1 amide bonds. The van der Waals surface area contributed by atoms with Crippen LogP contribution in [0.2, 0.25) is 10.0 Å². The predicted molar refractivity (Wildman–Crippen MR) is 129 cm³/mol. The average Bonchev–Trinajstić information content (AvgIpc) is 3.02. The Labute approximate surface area is 202 Å². The van der Waals surface area contributed by atoms with Crippen LogP contribution in [0.4, 0.5) is 5.82 Å². The number of nitrogens with one attached hydrogen (secondary N) is 1. The highest BCUT2D eigenvalue weighted by Crippen LogP contribution is 2.23. The molecule has 33 heavy (non-hydrogen) atoms. The number of esters is 1. The van der Waals surface area contributed by atoms with Gasteiger partial charge in [0.25, 0.3) is 5.91 Å². The first-order valence-electron chi connectivity index (χ1n) is 10.2. The summed E-state index contributed by atoms with van der Waals surface area (Å²) >= 11 is 11.8. The molecule has 0 bridgehead atoms. The average molecular weight is 487 g/mol. The summed E-state index contributed by atoms with van der Waals surface area (Å²) in [6.45, 7) is 7.95. The molecule has 3 aromatic rings. The first-order valence-corrected chi connectivity index (χ1v) is 11.0. The lowest BCUT2D eigenvalue weighted by Crippen LogP contribution is -2.29. The van der Waals surface area contributed by atoms with Crippen LogP contribution < -0.4 is 5.32 Å². The number of benzene rings is 1. The number of carbonyl (C=O) groups excluding carboxylic acids is 2. The van der Waals surface area contributed by atoms with Crippen LogP contribution in [0.3, 0.4) is 0 Å². The Hall–Kier alpha value is -3.16. The lowest BCUT2D eigenvalue weighted by Gasteiger charge is -2.12. The summed E-state index contributed by atoms with van der Waals surface area (Å²) in [4.78, 5) is 28.5. The summed E-state index contributed by atoms with van der Waals surface area (Å²) in [5.74, 6) is -1.08. The first-order chi connectivity index (χ1) is 15.6. The van der Waals surface area contributed by atoms with Gasteiger partial charge in [0.2, 0.25) is 0 Å². The molecule has 0 aliphatic heterocycles. The molecule has 9 heteroatoms. The van der Waals surface area contributed by atoms with Gasteiger partial charge in [0, 0.05) is 23.5 Å². The van der Waals surface area contributed by atoms with Crippen LogP contribution in [-0.4, -0.2) is 32.7 Å². The Balaban J connectivity index is 1.62. The molecule has 0 spiro atoms. The van der Waals surface area contributed by atoms with Crippen LogP contribution in [0.5, 0.6) is 0 Å². The Morgan fingerprint density at radius 2 is 1.88 bits per heavy atom. The highest BCUT2D eigenvalue weighted by molar-refractivity contribution is 6.36. The minimum Gasteiger partial charge on any atom is -0.449 e. The highest BCUT2D eigenvalue weighted by atomic mass is 35.5. The number of halogens is 2. The number of nitrogens with zero attached hydrogens (tertiary/aromatic N) is 3. The molecule has 0 aliphatic carbocycles. The van der Waals surface area contributed by atoms with Gasteiger partial charge in [0.1, 0.15) is 0 Å². The second-order valence-corrected chi connectivity index (χ2v) is 8.46. The molecule has 0 aliphatic rings. The lowest BCUT2D eigenvalue weighted by atomic mass is 10.1. The van der Waals surface area contributed by atoms with Crippen LogP contribution in [0.25, 0.3) is 6.08 Å². The van der Waals surface area contributed by atoms with Gasteiger partial charge in [-0.05, 0) is 45.4 Å². The van der Waals surface area contributed by atoms with Crippen molar-refractivity contribution in [2.24, 2.45) is 0 Å². The van der Waals surface area contributed by atoms with Crippen molar-refractivity contribution in [1.82, 2.24) is 14.8 Å². The van der Waals surface area contributed by atoms with Crippen LogP contribution in [0, 0.1) is 20.8 Å². The van der Waals surface area contributed by atoms with E-state index in [9.17, 15) is 9.59 Å². The Morgan fingerprint density at radius 1 is 1.18 bits per heavy atom. The minimum absolute atomic E-state index is 0.136. The van der Waals surface area contributed by atoms with Crippen molar-refractivity contribution in [2.45, 2.75) is 40.3 Å². The number of rotatable bonds is 7. The fourth-order valence-electron chi connectivity index (χ4n) is 3.12. The van der Waals surface area contributed by atoms with E-state index in [1.54, 1.807) is 6.08 Å². The van der Waals surface area contributed by atoms with Crippen molar-refractivity contribution < 1.29 is 14.3 Å². The van der Waals surface area contributed by atoms with Crippen LogP contribution in [0.1, 0.15) is 35.0 Å².